The summed E-state index contributed by atoms with van der Waals surface area (Å²) < 4.78 is 36.6. The van der Waals surface area contributed by atoms with Crippen molar-refractivity contribution in [1.82, 2.24) is 15.6 Å². The highest BCUT2D eigenvalue weighted by molar-refractivity contribution is 14.0. The van der Waals surface area contributed by atoms with Crippen LogP contribution >= 0.6 is 24.0 Å². The topological polar surface area (TPSA) is 52.6 Å². The molecule has 0 spiro atoms. The summed E-state index contributed by atoms with van der Waals surface area (Å²) in [5.41, 5.74) is 0.988. The molecule has 25 heavy (non-hydrogen) atoms. The van der Waals surface area contributed by atoms with Crippen LogP contribution in [0.5, 0.6) is 0 Å². The van der Waals surface area contributed by atoms with Crippen molar-refractivity contribution in [3.8, 4) is 0 Å². The first-order valence-corrected chi connectivity index (χ1v) is 8.10. The van der Waals surface area contributed by atoms with Crippen molar-refractivity contribution in [2.75, 3.05) is 31.6 Å². The third kappa shape index (κ3) is 7.66. The van der Waals surface area contributed by atoms with Crippen LogP contribution in [0.4, 0.5) is 19.0 Å². The average Bonchev–Trinajstić information content (AvgIpc) is 2.53. The molecule has 5 nitrogen and oxygen atoms in total. The number of nitrogens with zero attached hydrogens (tertiary/aromatic N) is 3. The summed E-state index contributed by atoms with van der Waals surface area (Å²) in [5.74, 6) is 1.40. The lowest BCUT2D eigenvalue weighted by atomic mass is 10.1. The number of pyridine rings is 1. The lowest BCUT2D eigenvalue weighted by Crippen LogP contribution is -2.49. The van der Waals surface area contributed by atoms with Crippen molar-refractivity contribution >= 4 is 35.8 Å². The van der Waals surface area contributed by atoms with Crippen molar-refractivity contribution in [3.63, 3.8) is 0 Å². The number of aliphatic imine (C=N–C) groups is 1. The zero-order valence-corrected chi connectivity index (χ0v) is 16.8. The fraction of sp³-hybridized carbons (Fsp3) is 0.625. The number of nitrogens with one attached hydrogen (secondary N) is 2. The molecular formula is C16H25F3IN5. The summed E-state index contributed by atoms with van der Waals surface area (Å²) in [6.45, 7) is 3.50. The molecule has 0 atom stereocenters. The van der Waals surface area contributed by atoms with Crippen LogP contribution in [-0.2, 0) is 0 Å². The summed E-state index contributed by atoms with van der Waals surface area (Å²) in [6.07, 6.45) is -3.26. The van der Waals surface area contributed by atoms with Gasteiger partial charge in [0, 0.05) is 38.4 Å². The fourth-order valence-corrected chi connectivity index (χ4v) is 2.67. The smallest absolute Gasteiger partial charge is 0.356 e. The molecule has 0 aromatic carbocycles. The lowest BCUT2D eigenvalue weighted by molar-refractivity contribution is -0.132. The summed E-state index contributed by atoms with van der Waals surface area (Å²) >= 11 is 0. The van der Waals surface area contributed by atoms with Gasteiger partial charge in [0.25, 0.3) is 0 Å². The molecule has 1 aliphatic rings. The quantitative estimate of drug-likeness (QED) is 0.403. The first kappa shape index (κ1) is 21.8. The van der Waals surface area contributed by atoms with Gasteiger partial charge in [-0.15, -0.1) is 24.0 Å². The molecule has 0 aliphatic carbocycles. The maximum Gasteiger partial charge on any atom is 0.390 e. The average molecular weight is 471 g/mol. The van der Waals surface area contributed by atoms with E-state index in [-0.39, 0.29) is 36.6 Å². The summed E-state index contributed by atoms with van der Waals surface area (Å²) in [7, 11) is 1.56. The van der Waals surface area contributed by atoms with Crippen LogP contribution in [-0.4, -0.2) is 49.8 Å². The Morgan fingerprint density at radius 2 is 2.00 bits per heavy atom. The van der Waals surface area contributed by atoms with Gasteiger partial charge in [-0.05, 0) is 31.9 Å². The highest BCUT2D eigenvalue weighted by atomic mass is 127. The predicted octanol–water partition coefficient (Wildman–Crippen LogP) is 3.09. The van der Waals surface area contributed by atoms with Gasteiger partial charge >= 0.3 is 6.18 Å². The summed E-state index contributed by atoms with van der Waals surface area (Å²) in [4.78, 5) is 10.7. The highest BCUT2D eigenvalue weighted by Crippen LogP contribution is 2.19. The predicted molar refractivity (Wildman–Crippen MR) is 105 cm³/mol. The maximum absolute atomic E-state index is 12.2. The van der Waals surface area contributed by atoms with Crippen molar-refractivity contribution < 1.29 is 13.2 Å². The minimum absolute atomic E-state index is 0. The Morgan fingerprint density at radius 1 is 1.32 bits per heavy atom. The van der Waals surface area contributed by atoms with Crippen LogP contribution in [0, 0.1) is 6.92 Å². The SMILES string of the molecule is CN=C(NCCC(F)(F)F)NC1CCN(c2cccc(C)n2)CC1.I. The number of hydrogen-bond donors (Lipinski definition) is 2. The molecule has 2 heterocycles. The van der Waals surface area contributed by atoms with Gasteiger partial charge in [0.1, 0.15) is 5.82 Å². The van der Waals surface area contributed by atoms with Crippen LogP contribution < -0.4 is 15.5 Å². The Morgan fingerprint density at radius 3 is 2.56 bits per heavy atom. The van der Waals surface area contributed by atoms with Crippen molar-refractivity contribution in [2.24, 2.45) is 4.99 Å². The van der Waals surface area contributed by atoms with Crippen molar-refractivity contribution in [2.45, 2.75) is 38.4 Å². The van der Waals surface area contributed by atoms with E-state index in [1.807, 2.05) is 25.1 Å². The Kier molecular flexibility index (Phi) is 8.74. The number of guanidine groups is 1. The van der Waals surface area contributed by atoms with E-state index in [0.717, 1.165) is 37.4 Å². The van der Waals surface area contributed by atoms with Crippen molar-refractivity contribution in [1.29, 1.82) is 0 Å². The molecule has 0 bridgehead atoms. The first-order chi connectivity index (χ1) is 11.4. The van der Waals surface area contributed by atoms with Crippen LogP contribution in [0.25, 0.3) is 0 Å². The van der Waals surface area contributed by atoms with E-state index < -0.39 is 12.6 Å². The van der Waals surface area contributed by atoms with E-state index >= 15 is 0 Å². The van der Waals surface area contributed by atoms with Gasteiger partial charge in [-0.1, -0.05) is 6.07 Å². The zero-order valence-electron chi connectivity index (χ0n) is 14.4. The normalized spacial score (nSPS) is 16.4. The van der Waals surface area contributed by atoms with Gasteiger partial charge in [0.15, 0.2) is 5.96 Å². The fourth-order valence-electron chi connectivity index (χ4n) is 2.67. The van der Waals surface area contributed by atoms with Gasteiger partial charge in [-0.3, -0.25) is 4.99 Å². The standard InChI is InChI=1S/C16H24F3N5.HI/c1-12-4-3-5-14(22-12)24-10-6-13(7-11-24)23-15(20-2)21-9-8-16(17,18)19;/h3-5,13H,6-11H2,1-2H3,(H2,20,21,23);1H. The van der Waals surface area contributed by atoms with Gasteiger partial charge < -0.3 is 15.5 Å². The first-order valence-electron chi connectivity index (χ1n) is 8.10. The highest BCUT2D eigenvalue weighted by Gasteiger charge is 2.26. The van der Waals surface area contributed by atoms with Crippen LogP contribution in [0.1, 0.15) is 25.0 Å². The third-order valence-corrected chi connectivity index (χ3v) is 3.96. The number of alkyl halides is 3. The second kappa shape index (κ2) is 10.0. The molecule has 9 heteroatoms. The van der Waals surface area contributed by atoms with Crippen molar-refractivity contribution in [3.05, 3.63) is 23.9 Å². The molecule has 0 amide bonds. The largest absolute Gasteiger partial charge is 0.390 e. The van der Waals surface area contributed by atoms with Crippen LogP contribution in [0.15, 0.2) is 23.2 Å². The number of hydrogen-bond acceptors (Lipinski definition) is 3. The number of aryl methyl sites for hydroxylation is 1. The Balaban J connectivity index is 0.00000312. The number of aromatic nitrogens is 1. The number of anilines is 1. The van der Waals surface area contributed by atoms with E-state index in [4.69, 9.17) is 0 Å². The monoisotopic (exact) mass is 471 g/mol. The van der Waals surface area contributed by atoms with Gasteiger partial charge in [-0.25, -0.2) is 4.98 Å². The molecular weight excluding hydrogens is 446 g/mol. The molecule has 0 unspecified atom stereocenters. The maximum atomic E-state index is 12.2. The molecule has 2 rings (SSSR count). The summed E-state index contributed by atoms with van der Waals surface area (Å²) in [6, 6.07) is 6.16. The minimum Gasteiger partial charge on any atom is -0.356 e. The molecule has 0 radical (unpaired) electrons. The van der Waals surface area contributed by atoms with Gasteiger partial charge in [0.2, 0.25) is 0 Å². The second-order valence-corrected chi connectivity index (χ2v) is 5.91. The number of rotatable bonds is 4. The zero-order chi connectivity index (χ0) is 17.6. The van der Waals surface area contributed by atoms with Gasteiger partial charge in [0.05, 0.1) is 6.42 Å². The van der Waals surface area contributed by atoms with Crippen LogP contribution in [0.3, 0.4) is 0 Å². The third-order valence-electron chi connectivity index (χ3n) is 3.96. The van der Waals surface area contributed by atoms with E-state index in [9.17, 15) is 13.2 Å². The molecule has 1 saturated heterocycles. The molecule has 1 fully saturated rings. The van der Waals surface area contributed by atoms with Crippen LogP contribution in [0.2, 0.25) is 0 Å². The Labute approximate surface area is 163 Å². The molecule has 1 aromatic heterocycles. The van der Waals surface area contributed by atoms with E-state index in [2.05, 4.69) is 25.5 Å². The molecule has 142 valence electrons. The number of piperidine rings is 1. The van der Waals surface area contributed by atoms with E-state index in [1.165, 1.54) is 0 Å². The minimum atomic E-state index is -4.15. The second-order valence-electron chi connectivity index (χ2n) is 5.91. The molecule has 2 N–H and O–H groups in total. The Bertz CT molecular complexity index is 557. The molecule has 1 aliphatic heterocycles. The molecule has 0 saturated carbocycles. The number of halogens is 4. The Hall–Kier alpha value is -1.26. The van der Waals surface area contributed by atoms with Gasteiger partial charge in [-0.2, -0.15) is 13.2 Å². The molecule has 1 aromatic rings. The van der Waals surface area contributed by atoms with E-state index in [0.29, 0.717) is 5.96 Å². The van der Waals surface area contributed by atoms with E-state index in [1.54, 1.807) is 7.05 Å². The summed E-state index contributed by atoms with van der Waals surface area (Å²) in [5, 5.41) is 5.92. The lowest BCUT2D eigenvalue weighted by Gasteiger charge is -2.34.